The van der Waals surface area contributed by atoms with Crippen LogP contribution in [0.2, 0.25) is 0 Å². The zero-order chi connectivity index (χ0) is 27.7. The van der Waals surface area contributed by atoms with Crippen LogP contribution in [0.5, 0.6) is 0 Å². The van der Waals surface area contributed by atoms with E-state index in [0.29, 0.717) is 0 Å². The van der Waals surface area contributed by atoms with Gasteiger partial charge in [-0.15, -0.1) is 0 Å². The fraction of sp³-hybridized carbons (Fsp3) is 0.308. The quantitative estimate of drug-likeness (QED) is 0.353. The molecule has 0 aliphatic carbocycles. The predicted octanol–water partition coefficient (Wildman–Crippen LogP) is 3.55. The van der Waals surface area contributed by atoms with E-state index in [9.17, 15) is 25.3 Å². The highest BCUT2D eigenvalue weighted by Crippen LogP contribution is 2.31. The molecule has 3 aromatic carbocycles. The lowest BCUT2D eigenvalue weighted by Crippen LogP contribution is -2.39. The van der Waals surface area contributed by atoms with Crippen LogP contribution in [0.1, 0.15) is 23.1 Å². The van der Waals surface area contributed by atoms with E-state index in [0.717, 1.165) is 21.0 Å². The fourth-order valence-corrected chi connectivity index (χ4v) is 7.76. The lowest BCUT2D eigenvalue weighted by atomic mass is 10.2. The number of benzene rings is 3. The van der Waals surface area contributed by atoms with Gasteiger partial charge in [-0.1, -0.05) is 53.1 Å². The molecule has 0 spiro atoms. The van der Waals surface area contributed by atoms with Crippen molar-refractivity contribution in [2.24, 2.45) is 0 Å². The van der Waals surface area contributed by atoms with Gasteiger partial charge in [0, 0.05) is 6.54 Å². The van der Waals surface area contributed by atoms with Gasteiger partial charge < -0.3 is 0 Å². The zero-order valence-corrected chi connectivity index (χ0v) is 23.6. The molecule has 0 bridgehead atoms. The number of nitrogens with zero attached hydrogens (tertiary/aromatic N) is 1. The van der Waals surface area contributed by atoms with Gasteiger partial charge in [0.25, 0.3) is 20.2 Å². The maximum Gasteiger partial charge on any atom is 0.297 e. The van der Waals surface area contributed by atoms with Crippen molar-refractivity contribution in [1.29, 1.82) is 0 Å². The van der Waals surface area contributed by atoms with Crippen molar-refractivity contribution in [2.75, 3.05) is 13.2 Å². The Morgan fingerprint density at radius 3 is 1.55 bits per heavy atom. The monoisotopic (exact) mass is 579 g/mol. The Morgan fingerprint density at radius 1 is 0.658 bits per heavy atom. The van der Waals surface area contributed by atoms with Crippen LogP contribution in [0.3, 0.4) is 0 Å². The number of sulfonamides is 1. The van der Waals surface area contributed by atoms with Gasteiger partial charge in [-0.25, -0.2) is 8.42 Å². The van der Waals surface area contributed by atoms with Crippen molar-refractivity contribution < 1.29 is 33.6 Å². The number of hydrogen-bond donors (Lipinski definition) is 0. The molecule has 0 saturated carbocycles. The van der Waals surface area contributed by atoms with Gasteiger partial charge >= 0.3 is 0 Å². The van der Waals surface area contributed by atoms with Gasteiger partial charge in [-0.2, -0.15) is 21.1 Å². The minimum atomic E-state index is -4.19. The Labute approximate surface area is 224 Å². The maximum atomic E-state index is 13.5. The third-order valence-corrected chi connectivity index (χ3v) is 10.9. The minimum Gasteiger partial charge on any atom is -0.265 e. The van der Waals surface area contributed by atoms with Crippen LogP contribution in [-0.4, -0.2) is 54.9 Å². The first-order chi connectivity index (χ1) is 17.8. The summed E-state index contributed by atoms with van der Waals surface area (Å²) in [6.07, 6.45) is -1.13. The molecule has 1 saturated heterocycles. The van der Waals surface area contributed by atoms with E-state index in [1.54, 1.807) is 36.4 Å². The summed E-state index contributed by atoms with van der Waals surface area (Å²) in [5.74, 6) is 0. The molecule has 204 valence electrons. The second-order valence-corrected chi connectivity index (χ2v) is 14.4. The maximum absolute atomic E-state index is 13.5. The van der Waals surface area contributed by atoms with Crippen molar-refractivity contribution in [3.05, 3.63) is 89.5 Å². The predicted molar refractivity (Wildman–Crippen MR) is 141 cm³/mol. The van der Waals surface area contributed by atoms with Gasteiger partial charge in [0.2, 0.25) is 10.0 Å². The summed E-state index contributed by atoms with van der Waals surface area (Å²) in [5.41, 5.74) is 2.59. The van der Waals surface area contributed by atoms with E-state index in [1.165, 1.54) is 36.4 Å². The third-order valence-electron chi connectivity index (χ3n) is 6.25. The summed E-state index contributed by atoms with van der Waals surface area (Å²) in [4.78, 5) is -0.127. The van der Waals surface area contributed by atoms with E-state index in [2.05, 4.69) is 0 Å². The molecule has 0 radical (unpaired) electrons. The average Bonchev–Trinajstić information content (AvgIpc) is 3.26. The number of hydrogen-bond acceptors (Lipinski definition) is 8. The molecule has 3 aromatic rings. The molecule has 0 amide bonds. The van der Waals surface area contributed by atoms with Crippen LogP contribution < -0.4 is 0 Å². The standard InChI is InChI=1S/C26H29NO8S3/c1-19-4-10-24(11-5-19)36(28,29)27-17-23(35-38(32,33)26-14-8-21(3)9-15-26)16-22(27)18-34-37(30,31)25-12-6-20(2)7-13-25/h4-15,22-23H,16-18H2,1-3H3/t22-,23-/m0/s1. The van der Waals surface area contributed by atoms with Gasteiger partial charge in [0.1, 0.15) is 0 Å². The lowest BCUT2D eigenvalue weighted by molar-refractivity contribution is 0.218. The first-order valence-corrected chi connectivity index (χ1v) is 16.1. The second-order valence-electron chi connectivity index (χ2n) is 9.31. The Bertz CT molecular complexity index is 1600. The molecule has 4 rings (SSSR count). The Morgan fingerprint density at radius 2 is 1.08 bits per heavy atom. The minimum absolute atomic E-state index is 0.00321. The summed E-state index contributed by atoms with van der Waals surface area (Å²) < 4.78 is 90.1. The smallest absolute Gasteiger partial charge is 0.265 e. The van der Waals surface area contributed by atoms with E-state index < -0.39 is 49.0 Å². The molecule has 38 heavy (non-hydrogen) atoms. The van der Waals surface area contributed by atoms with Crippen molar-refractivity contribution in [3.63, 3.8) is 0 Å². The largest absolute Gasteiger partial charge is 0.297 e. The SMILES string of the molecule is Cc1ccc(S(=O)(=O)OC[C@@H]2C[C@H](OS(=O)(=O)c3ccc(C)cc3)CN2S(=O)(=O)c2ccc(C)cc2)cc1. The van der Waals surface area contributed by atoms with Gasteiger partial charge in [0.15, 0.2) is 0 Å². The summed E-state index contributed by atoms with van der Waals surface area (Å²) in [5, 5.41) is 0. The van der Waals surface area contributed by atoms with Gasteiger partial charge in [-0.05, 0) is 63.6 Å². The molecule has 9 nitrogen and oxygen atoms in total. The van der Waals surface area contributed by atoms with Crippen LogP contribution in [0.4, 0.5) is 0 Å². The molecule has 0 aromatic heterocycles. The molecular weight excluding hydrogens is 550 g/mol. The Balaban J connectivity index is 1.60. The molecule has 1 aliphatic rings. The van der Waals surface area contributed by atoms with Crippen LogP contribution in [-0.2, 0) is 38.6 Å². The molecule has 0 N–H and O–H groups in total. The normalized spacial score (nSPS) is 19.0. The highest BCUT2D eigenvalue weighted by atomic mass is 32.2. The van der Waals surface area contributed by atoms with Crippen LogP contribution in [0, 0.1) is 20.8 Å². The first kappa shape index (κ1) is 28.4. The number of aryl methyl sites for hydroxylation is 3. The second kappa shape index (κ2) is 10.9. The van der Waals surface area contributed by atoms with Crippen LogP contribution in [0.15, 0.2) is 87.5 Å². The molecule has 1 aliphatic heterocycles. The van der Waals surface area contributed by atoms with Crippen molar-refractivity contribution in [1.82, 2.24) is 4.31 Å². The fourth-order valence-electron chi connectivity index (χ4n) is 4.09. The average molecular weight is 580 g/mol. The molecule has 1 heterocycles. The van der Waals surface area contributed by atoms with E-state index in [-0.39, 0.29) is 27.7 Å². The first-order valence-electron chi connectivity index (χ1n) is 11.8. The van der Waals surface area contributed by atoms with E-state index in [4.69, 9.17) is 8.37 Å². The Kier molecular flexibility index (Phi) is 8.12. The third kappa shape index (κ3) is 6.33. The van der Waals surface area contributed by atoms with Crippen molar-refractivity contribution >= 4 is 30.3 Å². The van der Waals surface area contributed by atoms with Crippen LogP contribution in [0.25, 0.3) is 0 Å². The molecule has 0 unspecified atom stereocenters. The van der Waals surface area contributed by atoms with Crippen LogP contribution >= 0.6 is 0 Å². The van der Waals surface area contributed by atoms with Crippen molar-refractivity contribution in [3.8, 4) is 0 Å². The highest BCUT2D eigenvalue weighted by Gasteiger charge is 2.43. The summed E-state index contributed by atoms with van der Waals surface area (Å²) in [6, 6.07) is 17.3. The van der Waals surface area contributed by atoms with Gasteiger partial charge in [-0.3, -0.25) is 8.37 Å². The van der Waals surface area contributed by atoms with E-state index in [1.807, 2.05) is 20.8 Å². The molecule has 1 fully saturated rings. The highest BCUT2D eigenvalue weighted by molar-refractivity contribution is 7.89. The zero-order valence-electron chi connectivity index (χ0n) is 21.1. The molecule has 12 heteroatoms. The summed E-state index contributed by atoms with van der Waals surface area (Å²) in [6.45, 7) is 4.65. The van der Waals surface area contributed by atoms with Gasteiger partial charge in [0.05, 0.1) is 33.4 Å². The number of rotatable bonds is 9. The summed E-state index contributed by atoms with van der Waals surface area (Å²) in [7, 11) is -12.5. The topological polar surface area (TPSA) is 124 Å². The molecule has 2 atom stereocenters. The molecular formula is C26H29NO8S3. The van der Waals surface area contributed by atoms with E-state index >= 15 is 0 Å². The lowest BCUT2D eigenvalue weighted by Gasteiger charge is -2.23. The Hall–Kier alpha value is -2.61. The summed E-state index contributed by atoms with van der Waals surface area (Å²) >= 11 is 0. The van der Waals surface area contributed by atoms with Crippen molar-refractivity contribution in [2.45, 2.75) is 54.0 Å².